The first-order valence-electron chi connectivity index (χ1n) is 10.8. The second kappa shape index (κ2) is 11.2. The van der Waals surface area contributed by atoms with E-state index in [1.54, 1.807) is 19.3 Å². The van der Waals surface area contributed by atoms with Crippen molar-refractivity contribution >= 4 is 35.8 Å². The Morgan fingerprint density at radius 2 is 1.97 bits per heavy atom. The predicted octanol–water partition coefficient (Wildman–Crippen LogP) is 3.47. The minimum atomic E-state index is -0.300. The average Bonchev–Trinajstić information content (AvgIpc) is 3.26. The van der Waals surface area contributed by atoms with Crippen molar-refractivity contribution in [3.63, 3.8) is 0 Å². The molecule has 1 atom stereocenters. The summed E-state index contributed by atoms with van der Waals surface area (Å²) in [6, 6.07) is 9.95. The van der Waals surface area contributed by atoms with Crippen LogP contribution in [0, 0.1) is 11.6 Å². The molecule has 1 aromatic heterocycles. The smallest absolute Gasteiger partial charge is 0.191 e. The van der Waals surface area contributed by atoms with Gasteiger partial charge in [0.1, 0.15) is 5.82 Å². The van der Waals surface area contributed by atoms with Gasteiger partial charge in [-0.05, 0) is 49.1 Å². The van der Waals surface area contributed by atoms with Gasteiger partial charge in [-0.15, -0.1) is 24.0 Å². The summed E-state index contributed by atoms with van der Waals surface area (Å²) in [5, 5.41) is 6.93. The van der Waals surface area contributed by atoms with Crippen molar-refractivity contribution in [2.24, 2.45) is 4.99 Å². The minimum Gasteiger partial charge on any atom is -0.381 e. The van der Waals surface area contributed by atoms with Gasteiger partial charge in [0.2, 0.25) is 0 Å². The van der Waals surface area contributed by atoms with Crippen molar-refractivity contribution in [1.29, 1.82) is 0 Å². The SMILES string of the molecule is CN=C(NCC1(c2ccc(F)cc2)CCOCC1)NC1CCN(c2ncccc2F)C1.I. The molecule has 4 rings (SSSR count). The largest absolute Gasteiger partial charge is 0.381 e. The lowest BCUT2D eigenvalue weighted by molar-refractivity contribution is 0.0513. The molecule has 2 fully saturated rings. The number of halogens is 3. The van der Waals surface area contributed by atoms with Crippen LogP contribution in [0.1, 0.15) is 24.8 Å². The first-order valence-corrected chi connectivity index (χ1v) is 10.8. The second-order valence-electron chi connectivity index (χ2n) is 8.21. The van der Waals surface area contributed by atoms with Crippen LogP contribution in [0.3, 0.4) is 0 Å². The van der Waals surface area contributed by atoms with Crippen LogP contribution in [0.5, 0.6) is 0 Å². The summed E-state index contributed by atoms with van der Waals surface area (Å²) in [7, 11) is 1.75. The van der Waals surface area contributed by atoms with Gasteiger partial charge in [0.15, 0.2) is 17.6 Å². The summed E-state index contributed by atoms with van der Waals surface area (Å²) in [5.74, 6) is 0.575. The molecule has 2 aliphatic rings. The molecule has 174 valence electrons. The molecule has 0 spiro atoms. The lowest BCUT2D eigenvalue weighted by Gasteiger charge is -2.38. The van der Waals surface area contributed by atoms with Crippen LogP contribution in [0.2, 0.25) is 0 Å². The van der Waals surface area contributed by atoms with E-state index in [9.17, 15) is 8.78 Å². The van der Waals surface area contributed by atoms with Crippen molar-refractivity contribution in [2.75, 3.05) is 44.8 Å². The first kappa shape index (κ1) is 24.6. The van der Waals surface area contributed by atoms with E-state index >= 15 is 0 Å². The Bertz CT molecular complexity index is 906. The zero-order valence-corrected chi connectivity index (χ0v) is 20.5. The topological polar surface area (TPSA) is 61.8 Å². The number of nitrogens with zero attached hydrogens (tertiary/aromatic N) is 3. The third-order valence-corrected chi connectivity index (χ3v) is 6.29. The number of guanidine groups is 1. The van der Waals surface area contributed by atoms with Gasteiger partial charge in [-0.25, -0.2) is 13.8 Å². The van der Waals surface area contributed by atoms with E-state index in [-0.39, 0.29) is 47.1 Å². The molecule has 2 aromatic rings. The maximum atomic E-state index is 14.1. The maximum absolute atomic E-state index is 14.1. The zero-order valence-electron chi connectivity index (χ0n) is 18.2. The highest BCUT2D eigenvalue weighted by Gasteiger charge is 2.35. The minimum absolute atomic E-state index is 0. The standard InChI is InChI=1S/C23H29F2N5O.HI/c1-26-22(29-19-8-12-30(15-19)21-20(25)3-2-11-27-21)28-16-23(9-13-31-14-10-23)17-4-6-18(24)7-5-17;/h2-7,11,19H,8-10,12-16H2,1H3,(H2,26,28,29);1H. The van der Waals surface area contributed by atoms with Crippen LogP contribution in [0.4, 0.5) is 14.6 Å². The number of hydrogen-bond acceptors (Lipinski definition) is 4. The van der Waals surface area contributed by atoms with E-state index in [2.05, 4.69) is 20.6 Å². The molecular formula is C23H30F2IN5O. The van der Waals surface area contributed by atoms with Crippen molar-refractivity contribution in [3.05, 3.63) is 59.8 Å². The third-order valence-electron chi connectivity index (χ3n) is 6.29. The van der Waals surface area contributed by atoms with Gasteiger partial charge < -0.3 is 20.3 Å². The Kier molecular flexibility index (Phi) is 8.64. The van der Waals surface area contributed by atoms with Crippen LogP contribution >= 0.6 is 24.0 Å². The fraction of sp³-hybridized carbons (Fsp3) is 0.478. The number of nitrogens with one attached hydrogen (secondary N) is 2. The molecule has 2 aliphatic heterocycles. The molecule has 2 saturated heterocycles. The van der Waals surface area contributed by atoms with E-state index in [1.165, 1.54) is 18.2 Å². The van der Waals surface area contributed by atoms with Crippen molar-refractivity contribution in [3.8, 4) is 0 Å². The van der Waals surface area contributed by atoms with Crippen molar-refractivity contribution < 1.29 is 13.5 Å². The number of aliphatic imine (C=N–C) groups is 1. The van der Waals surface area contributed by atoms with Crippen LogP contribution in [0.25, 0.3) is 0 Å². The van der Waals surface area contributed by atoms with E-state index in [0.29, 0.717) is 38.1 Å². The van der Waals surface area contributed by atoms with Crippen LogP contribution in [0.15, 0.2) is 47.6 Å². The zero-order chi connectivity index (χ0) is 21.7. The monoisotopic (exact) mass is 557 g/mol. The van der Waals surface area contributed by atoms with Crippen molar-refractivity contribution in [2.45, 2.75) is 30.7 Å². The Morgan fingerprint density at radius 3 is 2.66 bits per heavy atom. The van der Waals surface area contributed by atoms with E-state index in [0.717, 1.165) is 31.4 Å². The van der Waals surface area contributed by atoms with Crippen LogP contribution < -0.4 is 15.5 Å². The molecule has 0 radical (unpaired) electrons. The van der Waals surface area contributed by atoms with Crippen LogP contribution in [-0.4, -0.2) is 56.9 Å². The van der Waals surface area contributed by atoms with Gasteiger partial charge in [0.05, 0.1) is 0 Å². The van der Waals surface area contributed by atoms with Crippen molar-refractivity contribution in [1.82, 2.24) is 15.6 Å². The lowest BCUT2D eigenvalue weighted by Crippen LogP contribution is -2.50. The number of aromatic nitrogens is 1. The molecule has 1 unspecified atom stereocenters. The number of hydrogen-bond donors (Lipinski definition) is 2. The number of rotatable bonds is 5. The first-order chi connectivity index (χ1) is 15.1. The number of anilines is 1. The second-order valence-corrected chi connectivity index (χ2v) is 8.21. The molecule has 9 heteroatoms. The molecule has 0 saturated carbocycles. The fourth-order valence-corrected chi connectivity index (χ4v) is 4.45. The average molecular weight is 557 g/mol. The van der Waals surface area contributed by atoms with Gasteiger partial charge in [0.25, 0.3) is 0 Å². The summed E-state index contributed by atoms with van der Waals surface area (Å²) >= 11 is 0. The molecule has 3 heterocycles. The predicted molar refractivity (Wildman–Crippen MR) is 133 cm³/mol. The maximum Gasteiger partial charge on any atom is 0.191 e. The highest BCUT2D eigenvalue weighted by Crippen LogP contribution is 2.34. The Morgan fingerprint density at radius 1 is 1.22 bits per heavy atom. The number of pyridine rings is 1. The molecule has 0 aliphatic carbocycles. The Labute approximate surface area is 204 Å². The lowest BCUT2D eigenvalue weighted by atomic mass is 9.74. The Balaban J connectivity index is 0.00000289. The summed E-state index contributed by atoms with van der Waals surface area (Å²) in [5.41, 5.74) is 0.973. The number of benzene rings is 1. The fourth-order valence-electron chi connectivity index (χ4n) is 4.45. The summed E-state index contributed by atoms with van der Waals surface area (Å²) < 4.78 is 33.1. The van der Waals surface area contributed by atoms with Gasteiger partial charge in [0, 0.05) is 57.5 Å². The highest BCUT2D eigenvalue weighted by molar-refractivity contribution is 14.0. The molecule has 2 N–H and O–H groups in total. The van der Waals surface area contributed by atoms with Crippen LogP contribution in [-0.2, 0) is 10.2 Å². The summed E-state index contributed by atoms with van der Waals surface area (Å²) in [6.45, 7) is 3.43. The molecule has 32 heavy (non-hydrogen) atoms. The van der Waals surface area contributed by atoms with Gasteiger partial charge in [-0.1, -0.05) is 12.1 Å². The normalized spacial score (nSPS) is 20.5. The highest BCUT2D eigenvalue weighted by atomic mass is 127. The number of ether oxygens (including phenoxy) is 1. The van der Waals surface area contributed by atoms with E-state index in [1.807, 2.05) is 17.0 Å². The van der Waals surface area contributed by atoms with E-state index < -0.39 is 0 Å². The molecule has 0 bridgehead atoms. The molecule has 1 aromatic carbocycles. The summed E-state index contributed by atoms with van der Waals surface area (Å²) in [4.78, 5) is 10.5. The molecular weight excluding hydrogens is 527 g/mol. The quantitative estimate of drug-likeness (QED) is 0.335. The third kappa shape index (κ3) is 5.67. The van der Waals surface area contributed by atoms with Gasteiger partial charge >= 0.3 is 0 Å². The molecule has 6 nitrogen and oxygen atoms in total. The Hall–Kier alpha value is -2.01. The van der Waals surface area contributed by atoms with Gasteiger partial charge in [-0.3, -0.25) is 4.99 Å². The van der Waals surface area contributed by atoms with Gasteiger partial charge in [-0.2, -0.15) is 0 Å². The summed E-state index contributed by atoms with van der Waals surface area (Å²) in [6.07, 6.45) is 4.20. The molecule has 0 amide bonds. The van der Waals surface area contributed by atoms with E-state index in [4.69, 9.17) is 4.74 Å².